The van der Waals surface area contributed by atoms with Gasteiger partial charge in [0.15, 0.2) is 0 Å². The molecule has 0 unspecified atom stereocenters. The lowest BCUT2D eigenvalue weighted by Gasteiger charge is -2.45. The van der Waals surface area contributed by atoms with Crippen molar-refractivity contribution >= 4 is 47.9 Å². The first kappa shape index (κ1) is 34.7. The number of anilines is 1. The van der Waals surface area contributed by atoms with Gasteiger partial charge >= 0.3 is 11.9 Å². The molecular formula is C30H33F5N4O4S2. The second-order valence-corrected chi connectivity index (χ2v) is 11.8. The molecular weight excluding hydrogens is 639 g/mol. The van der Waals surface area contributed by atoms with Crippen LogP contribution in [0.15, 0.2) is 46.6 Å². The highest BCUT2D eigenvalue weighted by molar-refractivity contribution is 7.99. The predicted molar refractivity (Wildman–Crippen MR) is 167 cm³/mol. The van der Waals surface area contributed by atoms with Gasteiger partial charge in [0.25, 0.3) is 0 Å². The van der Waals surface area contributed by atoms with Crippen LogP contribution in [0.4, 0.5) is 27.8 Å². The number of amides is 1. The molecule has 45 heavy (non-hydrogen) atoms. The van der Waals surface area contributed by atoms with Gasteiger partial charge in [-0.15, -0.1) is 11.8 Å². The number of benzene rings is 2. The first-order valence-corrected chi connectivity index (χ1v) is 14.9. The predicted octanol–water partition coefficient (Wildman–Crippen LogP) is 5.39. The zero-order valence-electron chi connectivity index (χ0n) is 24.8. The fourth-order valence-corrected chi connectivity index (χ4v) is 7.14. The number of carbonyl (C=O) groups is 1. The van der Waals surface area contributed by atoms with Crippen LogP contribution in [0, 0.1) is 11.6 Å². The normalized spacial score (nSPS) is 19.9. The van der Waals surface area contributed by atoms with Gasteiger partial charge in [-0.3, -0.25) is 9.36 Å². The van der Waals surface area contributed by atoms with Gasteiger partial charge in [-0.25, -0.2) is 13.6 Å². The van der Waals surface area contributed by atoms with Crippen molar-refractivity contribution in [3.8, 4) is 11.1 Å². The summed E-state index contributed by atoms with van der Waals surface area (Å²) >= 11 is 1.05. The molecule has 5 rings (SSSR count). The standard InChI is InChI=1S/C30H31F5N4O4S.H2S/c1-5-24(40)37-12-17(3)38(13-16(37)2)28-21-11-22(30(33,34)35)25(20-7-6-18(31)10-23(20)32)27-26(21)39(29(41)36-28)19(15-44-27)14-43-9-8-42-4;/h5-7,10-11,16-17,19H,1,8-9,12-15H2,2-4H3;1H2/t16-,17+,19+;/m1./s1. The van der Waals surface area contributed by atoms with E-state index in [0.29, 0.717) is 12.7 Å². The van der Waals surface area contributed by atoms with Gasteiger partial charge < -0.3 is 19.3 Å². The molecule has 0 spiro atoms. The van der Waals surface area contributed by atoms with Crippen molar-refractivity contribution < 1.29 is 36.2 Å². The quantitative estimate of drug-likeness (QED) is 0.180. The molecule has 0 saturated carbocycles. The van der Waals surface area contributed by atoms with E-state index < -0.39 is 52.3 Å². The van der Waals surface area contributed by atoms with E-state index in [-0.39, 0.29) is 79.1 Å². The summed E-state index contributed by atoms with van der Waals surface area (Å²) in [5, 5.41) is 0.0508. The highest BCUT2D eigenvalue weighted by Crippen LogP contribution is 2.50. The third-order valence-electron chi connectivity index (χ3n) is 7.89. The summed E-state index contributed by atoms with van der Waals surface area (Å²) in [7, 11) is 1.51. The fourth-order valence-electron chi connectivity index (χ4n) is 5.82. The van der Waals surface area contributed by atoms with Crippen molar-refractivity contribution in [3.63, 3.8) is 0 Å². The third kappa shape index (κ3) is 6.58. The van der Waals surface area contributed by atoms with E-state index in [0.717, 1.165) is 30.0 Å². The zero-order valence-corrected chi connectivity index (χ0v) is 26.6. The third-order valence-corrected chi connectivity index (χ3v) is 9.13. The summed E-state index contributed by atoms with van der Waals surface area (Å²) in [6, 6.07) is 1.91. The fraction of sp³-hybridized carbons (Fsp3) is 0.433. The Bertz CT molecular complexity index is 1670. The minimum Gasteiger partial charge on any atom is -0.382 e. The summed E-state index contributed by atoms with van der Waals surface area (Å²) in [4.78, 5) is 33.9. The molecule has 1 fully saturated rings. The SMILES string of the molecule is C=CC(=O)N1C[C@H](C)N(c2nc(=O)n3c4c(c(-c5ccc(F)cc5F)c(C(F)(F)F)cc24)SC[C@@H]3COCCOC)C[C@H]1C.S. The van der Waals surface area contributed by atoms with E-state index in [2.05, 4.69) is 11.6 Å². The number of alkyl halides is 3. The molecule has 0 N–H and O–H groups in total. The Morgan fingerprint density at radius 3 is 2.53 bits per heavy atom. The smallest absolute Gasteiger partial charge is 0.382 e. The van der Waals surface area contributed by atoms with E-state index >= 15 is 4.39 Å². The Kier molecular flexibility index (Phi) is 10.6. The van der Waals surface area contributed by atoms with Crippen LogP contribution >= 0.6 is 25.3 Å². The Morgan fingerprint density at radius 1 is 1.16 bits per heavy atom. The van der Waals surface area contributed by atoms with E-state index in [1.54, 1.807) is 23.6 Å². The maximum Gasteiger partial charge on any atom is 0.417 e. The Labute approximate surface area is 267 Å². The summed E-state index contributed by atoms with van der Waals surface area (Å²) in [6.07, 6.45) is -3.74. The van der Waals surface area contributed by atoms with Gasteiger partial charge in [0.1, 0.15) is 17.5 Å². The maximum atomic E-state index is 15.2. The molecule has 244 valence electrons. The van der Waals surface area contributed by atoms with E-state index in [9.17, 15) is 27.2 Å². The lowest BCUT2D eigenvalue weighted by atomic mass is 9.95. The Morgan fingerprint density at radius 2 is 1.89 bits per heavy atom. The van der Waals surface area contributed by atoms with Crippen LogP contribution in [0.1, 0.15) is 25.5 Å². The molecule has 1 aromatic heterocycles. The zero-order chi connectivity index (χ0) is 31.9. The van der Waals surface area contributed by atoms with Crippen molar-refractivity contribution in [1.82, 2.24) is 14.5 Å². The molecule has 0 radical (unpaired) electrons. The van der Waals surface area contributed by atoms with Crippen molar-refractivity contribution in [3.05, 3.63) is 64.6 Å². The van der Waals surface area contributed by atoms with Crippen LogP contribution in [0.3, 0.4) is 0 Å². The lowest BCUT2D eigenvalue weighted by molar-refractivity contribution is -0.137. The van der Waals surface area contributed by atoms with Crippen molar-refractivity contribution in [2.75, 3.05) is 50.7 Å². The van der Waals surface area contributed by atoms with Crippen molar-refractivity contribution in [1.29, 1.82) is 0 Å². The van der Waals surface area contributed by atoms with Crippen LogP contribution in [0.25, 0.3) is 22.0 Å². The van der Waals surface area contributed by atoms with Crippen LogP contribution < -0.4 is 10.6 Å². The molecule has 15 heteroatoms. The number of hydrogen-bond acceptors (Lipinski definition) is 7. The average Bonchev–Trinajstić information content (AvgIpc) is 2.97. The molecule has 2 aliphatic rings. The van der Waals surface area contributed by atoms with E-state index in [1.807, 2.05) is 0 Å². The number of nitrogens with zero attached hydrogens (tertiary/aromatic N) is 4. The molecule has 3 atom stereocenters. The summed E-state index contributed by atoms with van der Waals surface area (Å²) in [5.41, 5.74) is -2.59. The van der Waals surface area contributed by atoms with Crippen LogP contribution in [0.5, 0.6) is 0 Å². The highest BCUT2D eigenvalue weighted by atomic mass is 32.2. The molecule has 2 aliphatic heterocycles. The average molecular weight is 673 g/mol. The van der Waals surface area contributed by atoms with Gasteiger partial charge in [0.05, 0.1) is 36.9 Å². The van der Waals surface area contributed by atoms with E-state index in [4.69, 9.17) is 9.47 Å². The number of carbonyl (C=O) groups excluding carboxylic acids is 1. The monoisotopic (exact) mass is 672 g/mol. The van der Waals surface area contributed by atoms with E-state index in [1.165, 1.54) is 17.8 Å². The molecule has 0 bridgehead atoms. The first-order valence-electron chi connectivity index (χ1n) is 13.9. The molecule has 1 saturated heterocycles. The molecule has 8 nitrogen and oxygen atoms in total. The second kappa shape index (κ2) is 13.7. The highest BCUT2D eigenvalue weighted by Gasteiger charge is 2.41. The summed E-state index contributed by atoms with van der Waals surface area (Å²) in [6.45, 7) is 8.12. The minimum atomic E-state index is -4.94. The maximum absolute atomic E-state index is 15.2. The van der Waals surface area contributed by atoms with Crippen molar-refractivity contribution in [2.45, 2.75) is 43.0 Å². The Balaban J connectivity index is 0.00000461. The summed E-state index contributed by atoms with van der Waals surface area (Å²) < 4.78 is 85.4. The van der Waals surface area contributed by atoms with Gasteiger partial charge in [0.2, 0.25) is 5.91 Å². The Hall–Kier alpha value is -3.14. The first-order chi connectivity index (χ1) is 20.9. The van der Waals surface area contributed by atoms with Crippen LogP contribution in [-0.2, 0) is 20.4 Å². The topological polar surface area (TPSA) is 76.9 Å². The molecule has 1 amide bonds. The number of ether oxygens (including phenoxy) is 2. The summed E-state index contributed by atoms with van der Waals surface area (Å²) in [5.74, 6) is -2.21. The number of aromatic nitrogens is 2. The number of hydrogen-bond donors (Lipinski definition) is 0. The molecule has 3 aromatic rings. The molecule has 2 aromatic carbocycles. The second-order valence-electron chi connectivity index (χ2n) is 10.8. The number of piperazine rings is 1. The number of halogens is 5. The largest absolute Gasteiger partial charge is 0.417 e. The minimum absolute atomic E-state index is 0. The lowest BCUT2D eigenvalue weighted by Crippen LogP contribution is -2.58. The van der Waals surface area contributed by atoms with Gasteiger partial charge in [-0.2, -0.15) is 31.7 Å². The van der Waals surface area contributed by atoms with Crippen molar-refractivity contribution in [2.24, 2.45) is 0 Å². The number of thioether (sulfide) groups is 1. The van der Waals surface area contributed by atoms with Crippen LogP contribution in [-0.4, -0.2) is 78.2 Å². The molecule has 0 aliphatic carbocycles. The van der Waals surface area contributed by atoms with Gasteiger partial charge in [-0.05, 0) is 38.1 Å². The number of methoxy groups -OCH3 is 1. The van der Waals surface area contributed by atoms with Gasteiger partial charge in [-0.1, -0.05) is 6.58 Å². The number of rotatable bonds is 8. The molecule has 3 heterocycles. The van der Waals surface area contributed by atoms with Gasteiger partial charge in [0, 0.05) is 65.5 Å². The van der Waals surface area contributed by atoms with Crippen LogP contribution in [0.2, 0.25) is 0 Å².